The number of Topliss-reactive ketones (excluding diaryl/α,β-unsaturated/α-hetero) is 1. The number of aliphatic hydroxyl groups excluding tert-OH is 1. The molecule has 6 N–H and O–H groups in total. The zero-order chi connectivity index (χ0) is 15.2. The van der Waals surface area contributed by atoms with Crippen LogP contribution in [0.2, 0.25) is 0 Å². The summed E-state index contributed by atoms with van der Waals surface area (Å²) in [6.07, 6.45) is -1.86. The maximum Gasteiger partial charge on any atom is 0.484 e. The van der Waals surface area contributed by atoms with E-state index < -0.39 is 49.4 Å². The molecule has 0 aromatic carbocycles. The molecule has 0 aromatic rings. The monoisotopic (exact) mass is 313 g/mol. The Morgan fingerprint density at radius 3 is 2.35 bits per heavy atom. The van der Waals surface area contributed by atoms with Gasteiger partial charge in [-0.25, -0.2) is 18.1 Å². The molecule has 0 aromatic heterocycles. The molecule has 3 aliphatic rings. The van der Waals surface area contributed by atoms with E-state index in [0.717, 1.165) is 6.92 Å². The number of phosphoric acid groups is 1. The van der Waals surface area contributed by atoms with Crippen molar-refractivity contribution in [2.75, 3.05) is 6.61 Å². The molecule has 0 radical (unpaired) electrons. The van der Waals surface area contributed by atoms with Crippen LogP contribution in [0.15, 0.2) is 0 Å². The first-order valence-corrected chi connectivity index (χ1v) is 6.92. The van der Waals surface area contributed by atoms with E-state index in [1.165, 1.54) is 0 Å². The Balaban J connectivity index is 2.26. The van der Waals surface area contributed by atoms with E-state index in [-0.39, 0.29) is 0 Å². The molecule has 2 bridgehead atoms. The predicted molar refractivity (Wildman–Crippen MR) is 55.3 cm³/mol. The van der Waals surface area contributed by atoms with Gasteiger partial charge in [0.15, 0.2) is 5.78 Å². The van der Waals surface area contributed by atoms with Gasteiger partial charge in [-0.05, 0) is 6.92 Å². The van der Waals surface area contributed by atoms with Gasteiger partial charge in [-0.3, -0.25) is 10.5 Å². The van der Waals surface area contributed by atoms with Crippen molar-refractivity contribution in [3.63, 3.8) is 0 Å². The van der Waals surface area contributed by atoms with E-state index in [1.54, 1.807) is 0 Å². The molecule has 114 valence electrons. The Labute approximate surface area is 111 Å². The molecule has 6 atom stereocenters. The number of ketones is 1. The fraction of sp³-hybridized carbons (Fsp3) is 0.875. The van der Waals surface area contributed by atoms with Gasteiger partial charge in [-0.2, -0.15) is 0 Å². The molecule has 3 heterocycles. The van der Waals surface area contributed by atoms with Crippen molar-refractivity contribution in [1.29, 1.82) is 0 Å². The summed E-state index contributed by atoms with van der Waals surface area (Å²) in [4.78, 5) is 11.7. The minimum absolute atomic E-state index is 0.851. The second-order valence-corrected chi connectivity index (χ2v) is 6.24. The Morgan fingerprint density at radius 1 is 1.30 bits per heavy atom. The van der Waals surface area contributed by atoms with E-state index in [1.807, 2.05) is 0 Å². The molecule has 11 nitrogen and oxygen atoms in total. The van der Waals surface area contributed by atoms with Crippen LogP contribution >= 0.6 is 7.82 Å². The number of carbonyl (C=O) groups excluding carboxylic acids is 1. The smallest absolute Gasteiger partial charge is 0.394 e. The van der Waals surface area contributed by atoms with E-state index in [4.69, 9.17) is 10.5 Å². The standard InChI is InChI=1S/C8H12NO10P/c1-3(11)5(12)4(2-10)16-8(14)6(9)7(5,13)18-20(15,17-6)19-8/h4,10,12-14H,2,9H2,1H3/t4-,5-,6+,7-,8-,20?/m1/s1. The quantitative estimate of drug-likeness (QED) is 0.325. The molecule has 0 spiro atoms. The molecule has 12 heteroatoms. The number of ether oxygens (including phenoxy) is 1. The molecule has 3 saturated heterocycles. The molecule has 3 aliphatic heterocycles. The van der Waals surface area contributed by atoms with Crippen LogP contribution in [0.25, 0.3) is 0 Å². The minimum Gasteiger partial charge on any atom is -0.394 e. The number of nitrogens with two attached hydrogens (primary N) is 1. The second kappa shape index (κ2) is 3.47. The predicted octanol–water partition coefficient (Wildman–Crippen LogP) is -3.13. The number of hydrogen-bond donors (Lipinski definition) is 5. The molecular formula is C8H12NO10P. The molecule has 1 unspecified atom stereocenters. The van der Waals surface area contributed by atoms with Gasteiger partial charge in [0.2, 0.25) is 5.60 Å². The number of carbonyl (C=O) groups is 1. The third kappa shape index (κ3) is 1.19. The number of hydrogen-bond acceptors (Lipinski definition) is 11. The fourth-order valence-electron chi connectivity index (χ4n) is 2.61. The van der Waals surface area contributed by atoms with Crippen LogP contribution in [-0.4, -0.2) is 62.0 Å². The lowest BCUT2D eigenvalue weighted by molar-refractivity contribution is -0.495. The molecule has 0 aliphatic carbocycles. The third-order valence-corrected chi connectivity index (χ3v) is 5.17. The van der Waals surface area contributed by atoms with Crippen molar-refractivity contribution in [3.8, 4) is 0 Å². The summed E-state index contributed by atoms with van der Waals surface area (Å²) in [5, 5.41) is 40.1. The largest absolute Gasteiger partial charge is 0.484 e. The summed E-state index contributed by atoms with van der Waals surface area (Å²) < 4.78 is 30.5. The van der Waals surface area contributed by atoms with Crippen LogP contribution in [0.4, 0.5) is 0 Å². The van der Waals surface area contributed by atoms with Crippen LogP contribution in [0.3, 0.4) is 0 Å². The lowest BCUT2D eigenvalue weighted by Crippen LogP contribution is -2.88. The number of aliphatic hydroxyl groups is 4. The van der Waals surface area contributed by atoms with Crippen molar-refractivity contribution < 1.29 is 48.1 Å². The lowest BCUT2D eigenvalue weighted by Gasteiger charge is -2.56. The second-order valence-electron chi connectivity index (χ2n) is 4.79. The van der Waals surface area contributed by atoms with Gasteiger partial charge >= 0.3 is 13.8 Å². The molecule has 3 rings (SSSR count). The Bertz CT molecular complexity index is 555. The highest BCUT2D eigenvalue weighted by Crippen LogP contribution is 2.77. The SMILES string of the molecule is CC(=O)[C@@]1(O)[C@@H](CO)O[C@@]2(O)OP3(=O)O[C@@]2(N)[C@]1(O)O3. The van der Waals surface area contributed by atoms with Crippen LogP contribution in [-0.2, 0) is 27.7 Å². The topological polar surface area (TPSA) is 178 Å². The van der Waals surface area contributed by atoms with E-state index >= 15 is 0 Å². The zero-order valence-corrected chi connectivity index (χ0v) is 10.9. The summed E-state index contributed by atoms with van der Waals surface area (Å²) in [7, 11) is -4.55. The average molecular weight is 313 g/mol. The van der Waals surface area contributed by atoms with E-state index in [2.05, 4.69) is 13.6 Å². The van der Waals surface area contributed by atoms with Gasteiger partial charge in [0.1, 0.15) is 6.10 Å². The highest BCUT2D eigenvalue weighted by molar-refractivity contribution is 7.49. The Hall–Kier alpha value is -0.460. The summed E-state index contributed by atoms with van der Waals surface area (Å²) >= 11 is 0. The van der Waals surface area contributed by atoms with Gasteiger partial charge in [-0.15, -0.1) is 0 Å². The average Bonchev–Trinajstić information content (AvgIpc) is 2.64. The highest BCUT2D eigenvalue weighted by atomic mass is 31.2. The summed E-state index contributed by atoms with van der Waals surface area (Å²) in [6.45, 7) is -0.155. The normalized spacial score (nSPS) is 60.8. The van der Waals surface area contributed by atoms with Gasteiger partial charge in [0.25, 0.3) is 11.5 Å². The summed E-state index contributed by atoms with van der Waals surface area (Å²) in [5.74, 6) is -7.22. The van der Waals surface area contributed by atoms with Crippen LogP contribution in [0.1, 0.15) is 6.92 Å². The van der Waals surface area contributed by atoms with Crippen molar-refractivity contribution in [2.24, 2.45) is 5.73 Å². The third-order valence-electron chi connectivity index (χ3n) is 3.70. The van der Waals surface area contributed by atoms with Crippen molar-refractivity contribution >= 4 is 13.6 Å². The Kier molecular flexibility index (Phi) is 2.51. The van der Waals surface area contributed by atoms with Gasteiger partial charge in [0.05, 0.1) is 6.61 Å². The minimum atomic E-state index is -4.55. The van der Waals surface area contributed by atoms with Crippen LogP contribution in [0.5, 0.6) is 0 Å². The number of phosphoric ester groups is 1. The first kappa shape index (κ1) is 14.5. The number of fused-ring (bicyclic) bond motifs is 1. The maximum atomic E-state index is 11.9. The van der Waals surface area contributed by atoms with Gasteiger partial charge < -0.3 is 25.2 Å². The van der Waals surface area contributed by atoms with Crippen molar-refractivity contribution in [2.45, 2.75) is 36.1 Å². The zero-order valence-electron chi connectivity index (χ0n) is 10.0. The molecule has 20 heavy (non-hydrogen) atoms. The fourth-order valence-corrected chi connectivity index (χ4v) is 4.39. The van der Waals surface area contributed by atoms with E-state index in [9.17, 15) is 29.8 Å². The number of rotatable bonds is 2. The van der Waals surface area contributed by atoms with Crippen molar-refractivity contribution in [1.82, 2.24) is 0 Å². The highest BCUT2D eigenvalue weighted by Gasteiger charge is 2.92. The summed E-state index contributed by atoms with van der Waals surface area (Å²) in [6, 6.07) is 0. The van der Waals surface area contributed by atoms with Crippen molar-refractivity contribution in [3.05, 3.63) is 0 Å². The molecule has 0 saturated carbocycles. The molecule has 0 amide bonds. The van der Waals surface area contributed by atoms with Gasteiger partial charge in [-0.1, -0.05) is 0 Å². The van der Waals surface area contributed by atoms with Gasteiger partial charge in [0, 0.05) is 0 Å². The summed E-state index contributed by atoms with van der Waals surface area (Å²) in [5.41, 5.74) is -0.207. The molecular weight excluding hydrogens is 301 g/mol. The van der Waals surface area contributed by atoms with E-state index in [0.29, 0.717) is 0 Å². The molecule has 3 fully saturated rings. The lowest BCUT2D eigenvalue weighted by atomic mass is 9.74. The maximum absolute atomic E-state index is 11.9. The van der Waals surface area contributed by atoms with Crippen LogP contribution in [0, 0.1) is 0 Å². The first-order valence-electron chi connectivity index (χ1n) is 5.46. The first-order chi connectivity index (χ1) is 8.98. The van der Waals surface area contributed by atoms with Crippen LogP contribution < -0.4 is 5.73 Å². The Morgan fingerprint density at radius 2 is 1.90 bits per heavy atom.